The van der Waals surface area contributed by atoms with Gasteiger partial charge in [0.1, 0.15) is 78.5 Å². The molecule has 0 bridgehead atoms. The Balaban J connectivity index is 0.00000100. The second kappa shape index (κ2) is 57.9. The normalized spacial score (nSPS) is 14.5. The van der Waals surface area contributed by atoms with Gasteiger partial charge in [-0.2, -0.15) is 23.5 Å². The number of aromatic hydroxyl groups is 2. The van der Waals surface area contributed by atoms with Crippen LogP contribution in [0.2, 0.25) is 0 Å². The van der Waals surface area contributed by atoms with Gasteiger partial charge in [-0.1, -0.05) is 58.5 Å². The Kier molecular flexibility index (Phi) is 54.8. The molecule has 0 aliphatic rings. The van der Waals surface area contributed by atoms with Gasteiger partial charge in [0.25, 0.3) is 0 Å². The van der Waals surface area contributed by atoms with Crippen molar-refractivity contribution in [1.82, 2.24) is 0 Å². The van der Waals surface area contributed by atoms with Gasteiger partial charge in [0.05, 0.1) is 124 Å². The molecule has 580 valence electrons. The lowest BCUT2D eigenvalue weighted by Gasteiger charge is -2.27. The minimum atomic E-state index is -1.06. The van der Waals surface area contributed by atoms with Crippen LogP contribution in [0.1, 0.15) is 143 Å². The molecule has 2 aromatic carbocycles. The highest BCUT2D eigenvalue weighted by Crippen LogP contribution is 2.22. The number of carbonyl (C=O) groups excluding carboxylic acids is 3. The number of aliphatic hydroxyl groups excluding tert-OH is 5. The van der Waals surface area contributed by atoms with Crippen LogP contribution in [0.15, 0.2) is 49.1 Å². The van der Waals surface area contributed by atoms with Gasteiger partial charge >= 0.3 is 5.97 Å². The second-order valence-corrected chi connectivity index (χ2v) is 30.1. The van der Waals surface area contributed by atoms with Crippen molar-refractivity contribution in [3.05, 3.63) is 71.3 Å². The molecule has 0 radical (unpaired) electrons. The summed E-state index contributed by atoms with van der Waals surface area (Å²) >= 11 is 3.26. The molecular weight excluding hydrogens is 1330 g/mol. The molecule has 0 heterocycles. The molecule has 0 aliphatic carbocycles. The van der Waals surface area contributed by atoms with Gasteiger partial charge in [0.15, 0.2) is 0 Å². The van der Waals surface area contributed by atoms with Crippen LogP contribution >= 0.6 is 23.5 Å². The van der Waals surface area contributed by atoms with E-state index >= 15 is 0 Å². The van der Waals surface area contributed by atoms with Crippen molar-refractivity contribution < 1.29 is 112 Å². The highest BCUT2D eigenvalue weighted by molar-refractivity contribution is 7.99. The number of hydrogen-bond donors (Lipinski definition) is 7. The van der Waals surface area contributed by atoms with Gasteiger partial charge in [0, 0.05) is 68.0 Å². The fraction of sp³-hybridized carbons (Fsp3) is 0.773. The summed E-state index contributed by atoms with van der Waals surface area (Å²) in [7, 11) is 0. The summed E-state index contributed by atoms with van der Waals surface area (Å²) in [5, 5.41) is 67.7. The van der Waals surface area contributed by atoms with Crippen LogP contribution in [0.4, 0.5) is 0 Å². The zero-order chi connectivity index (χ0) is 74.6. The number of hydrogen-bond acceptors (Lipinski definition) is 25. The van der Waals surface area contributed by atoms with Crippen molar-refractivity contribution in [3.63, 3.8) is 0 Å². The van der Waals surface area contributed by atoms with E-state index < -0.39 is 55.8 Å². The second-order valence-electron chi connectivity index (χ2n) is 27.7. The highest BCUT2D eigenvalue weighted by atomic mass is 32.2. The van der Waals surface area contributed by atoms with Gasteiger partial charge < -0.3 is 97.3 Å². The van der Waals surface area contributed by atoms with Gasteiger partial charge in [-0.3, -0.25) is 9.59 Å². The zero-order valence-electron chi connectivity index (χ0n) is 62.5. The largest absolute Gasteiger partial charge is 0.508 e. The minimum absolute atomic E-state index is 0.0374. The predicted octanol–water partition coefficient (Wildman–Crippen LogP) is 8.96. The minimum Gasteiger partial charge on any atom is -0.508 e. The third kappa shape index (κ3) is 54.3. The topological polar surface area (TPSA) is 313 Å². The number of ether oxygens (including phenoxy) is 13. The molecule has 2 rings (SSSR count). The fourth-order valence-corrected chi connectivity index (χ4v) is 10.2. The zero-order valence-corrected chi connectivity index (χ0v) is 64.2. The SMILES string of the molecule is C=CC(=O)OCC(COC(COCCC(C)C)COC(C)(C)C)OCC(COCCSCCC(=O)CCCc1ccc(C)c(O)c1)OCC(O)CO.Cc1ccc(CCCC(=O)CCSCCOCC(COC(CO)COC(COCCC(C)C)COC(C)(C)C)OCC(O)CO)cc1O. The smallest absolute Gasteiger partial charge is 0.330 e. The van der Waals surface area contributed by atoms with Crippen molar-refractivity contribution in [3.8, 4) is 11.5 Å². The molecule has 0 aromatic heterocycles. The number of Topliss-reactive ketones (excluding diaryl/α,β-unsaturated/α-hetero) is 2. The maximum absolute atomic E-state index is 12.3. The number of thioether (sulfide) groups is 2. The number of benzene rings is 2. The van der Waals surface area contributed by atoms with E-state index in [1.807, 2.05) is 79.7 Å². The maximum Gasteiger partial charge on any atom is 0.330 e. The molecule has 25 heteroatoms. The summed E-state index contributed by atoms with van der Waals surface area (Å²) in [6.45, 7) is 30.2. The van der Waals surface area contributed by atoms with Crippen molar-refractivity contribution in [2.75, 3.05) is 155 Å². The van der Waals surface area contributed by atoms with E-state index in [9.17, 15) is 50.1 Å². The van der Waals surface area contributed by atoms with E-state index in [1.165, 1.54) is 0 Å². The first-order valence-electron chi connectivity index (χ1n) is 35.6. The number of carbonyl (C=O) groups is 3. The third-order valence-electron chi connectivity index (χ3n) is 14.8. The van der Waals surface area contributed by atoms with E-state index in [4.69, 9.17) is 61.6 Å². The van der Waals surface area contributed by atoms with Crippen LogP contribution in [0.3, 0.4) is 0 Å². The number of esters is 1. The van der Waals surface area contributed by atoms with E-state index in [0.717, 1.165) is 66.9 Å². The highest BCUT2D eigenvalue weighted by Gasteiger charge is 2.25. The molecule has 8 atom stereocenters. The number of rotatable bonds is 62. The average molecular weight is 1460 g/mol. The summed E-state index contributed by atoms with van der Waals surface area (Å²) in [5.41, 5.74) is 3.03. The van der Waals surface area contributed by atoms with Crippen molar-refractivity contribution in [2.45, 2.75) is 207 Å². The lowest BCUT2D eigenvalue weighted by atomic mass is 10.0. The monoisotopic (exact) mass is 1460 g/mol. The molecule has 2 aromatic rings. The van der Waals surface area contributed by atoms with Gasteiger partial charge in [-0.05, 0) is 140 Å². The summed E-state index contributed by atoms with van der Waals surface area (Å²) in [6, 6.07) is 11.3. The van der Waals surface area contributed by atoms with E-state index in [-0.39, 0.29) is 113 Å². The molecule has 7 N–H and O–H groups in total. The maximum atomic E-state index is 12.3. The molecule has 23 nitrogen and oxygen atoms in total. The molecule has 0 spiro atoms. The molecule has 0 saturated heterocycles. The lowest BCUT2D eigenvalue weighted by Crippen LogP contribution is -2.38. The Labute approximate surface area is 607 Å². The Bertz CT molecular complexity index is 2390. The predicted molar refractivity (Wildman–Crippen MR) is 392 cm³/mol. The van der Waals surface area contributed by atoms with Crippen LogP contribution in [-0.2, 0) is 88.8 Å². The van der Waals surface area contributed by atoms with Crippen molar-refractivity contribution in [2.24, 2.45) is 11.8 Å². The van der Waals surface area contributed by atoms with Crippen molar-refractivity contribution >= 4 is 41.1 Å². The van der Waals surface area contributed by atoms with Crippen LogP contribution in [0, 0.1) is 25.7 Å². The summed E-state index contributed by atoms with van der Waals surface area (Å²) in [6.07, 6.45) is 2.72. The molecule has 100 heavy (non-hydrogen) atoms. The van der Waals surface area contributed by atoms with Crippen LogP contribution in [0.25, 0.3) is 0 Å². The first kappa shape index (κ1) is 94.6. The lowest BCUT2D eigenvalue weighted by molar-refractivity contribution is -0.156. The molecule has 0 aliphatic heterocycles. The molecule has 0 saturated carbocycles. The van der Waals surface area contributed by atoms with Crippen LogP contribution < -0.4 is 0 Å². The van der Waals surface area contributed by atoms with Crippen molar-refractivity contribution in [1.29, 1.82) is 0 Å². The quantitative estimate of drug-likeness (QED) is 0.0184. The molecule has 0 amide bonds. The number of phenolic OH excluding ortho intramolecular Hbond substituents is 2. The van der Waals surface area contributed by atoms with E-state index in [1.54, 1.807) is 35.7 Å². The number of ketones is 2. The Hall–Kier alpha value is -3.39. The van der Waals surface area contributed by atoms with Crippen LogP contribution in [0.5, 0.6) is 11.5 Å². The van der Waals surface area contributed by atoms with E-state index in [2.05, 4.69) is 34.3 Å². The Morgan fingerprint density at radius 3 is 1.16 bits per heavy atom. The fourth-order valence-electron chi connectivity index (χ4n) is 8.53. The molecular formula is C75H130O23S2. The van der Waals surface area contributed by atoms with Gasteiger partial charge in [0.2, 0.25) is 0 Å². The number of aliphatic hydroxyl groups is 5. The third-order valence-corrected chi connectivity index (χ3v) is 16.7. The van der Waals surface area contributed by atoms with E-state index in [0.29, 0.717) is 113 Å². The van der Waals surface area contributed by atoms with Gasteiger partial charge in [-0.25, -0.2) is 4.79 Å². The Morgan fingerprint density at radius 2 is 0.810 bits per heavy atom. The molecule has 8 unspecified atom stereocenters. The first-order valence-corrected chi connectivity index (χ1v) is 37.9. The Morgan fingerprint density at radius 1 is 0.460 bits per heavy atom. The standard InChI is InChI=1S/C39H66O12S.C36H64O11S/c1-8-38(44)50-27-36(26-48-35(28-51-39(5,6)7)24-45-16-14-29(2)3)49-25-34(47-22-33(42)21-40)23-46-17-19-52-18-15-32(41)11-9-10-31-13-12-30(4)37(43)20-31;1-27(2)12-14-42-23-34(26-47-36(4,5)6)46-24-32(20-38)45-25-33(44-21-31(40)19-37)22-43-15-17-48-16-13-30(39)9-7-8-29-11-10-28(3)35(41)18-29/h8,12-13,20,29,33-36,40,42-43H,1,9-11,14-19,21-28H2,2-7H3;10-11,18,27,31-34,37-38,40-41H,7-9,12-17,19-26H2,1-6H3. The first-order chi connectivity index (χ1) is 47.5. The number of aryl methyl sites for hydroxylation is 4. The summed E-state index contributed by atoms with van der Waals surface area (Å²) in [4.78, 5) is 36.5. The van der Waals surface area contributed by atoms with Gasteiger partial charge in [-0.15, -0.1) is 0 Å². The number of phenols is 2. The average Bonchev–Trinajstić information content (AvgIpc) is 0.956. The van der Waals surface area contributed by atoms with Crippen LogP contribution in [-0.4, -0.2) is 268 Å². The molecule has 0 fully saturated rings. The summed E-state index contributed by atoms with van der Waals surface area (Å²) < 4.78 is 76.2. The summed E-state index contributed by atoms with van der Waals surface area (Å²) in [5.74, 6) is 4.23.